The number of alkyl halides is 3. The molecule has 0 aliphatic heterocycles. The molecular weight excluding hydrogens is 506 g/mol. The van der Waals surface area contributed by atoms with Gasteiger partial charge in [0.05, 0.1) is 11.4 Å². The number of aromatic nitrogens is 2. The average Bonchev–Trinajstić information content (AvgIpc) is 3.23. The number of ether oxygens (including phenoxy) is 1. The molecule has 0 radical (unpaired) electrons. The Morgan fingerprint density at radius 3 is 2.29 bits per heavy atom. The number of hydrogen-bond donors (Lipinski definition) is 1. The highest BCUT2D eigenvalue weighted by molar-refractivity contribution is 7.99. The number of imidazole rings is 1. The highest BCUT2D eigenvalue weighted by Gasteiger charge is 2.31. The van der Waals surface area contributed by atoms with Gasteiger partial charge in [-0.05, 0) is 60.7 Å². The van der Waals surface area contributed by atoms with E-state index in [4.69, 9.17) is 11.6 Å². The molecule has 0 aliphatic rings. The van der Waals surface area contributed by atoms with Crippen LogP contribution in [-0.4, -0.2) is 27.6 Å². The Labute approximate surface area is 206 Å². The second-order valence-corrected chi connectivity index (χ2v) is 8.55. The van der Waals surface area contributed by atoms with Gasteiger partial charge in [-0.25, -0.2) is 9.37 Å². The van der Waals surface area contributed by atoms with Crippen LogP contribution in [0.4, 0.5) is 23.2 Å². The molecule has 0 saturated heterocycles. The number of hydrogen-bond acceptors (Lipinski definition) is 4. The predicted molar refractivity (Wildman–Crippen MR) is 126 cm³/mol. The Kier molecular flexibility index (Phi) is 7.32. The van der Waals surface area contributed by atoms with Crippen LogP contribution < -0.4 is 10.1 Å². The normalized spacial score (nSPS) is 11.3. The van der Waals surface area contributed by atoms with Gasteiger partial charge in [0.25, 0.3) is 0 Å². The monoisotopic (exact) mass is 521 g/mol. The third-order valence-corrected chi connectivity index (χ3v) is 5.83. The standard InChI is InChI=1S/C24H16ClF4N3O2S/c25-16-3-1-15(2-4-16)21-13-32(19-9-5-17(26)6-10-19)23(31-21)35-14-22(33)30-18-7-11-20(12-8-18)34-24(27,28)29/h1-13H,14H2,(H,30,33). The Hall–Kier alpha value is -3.50. The number of carbonyl (C=O) groups excluding carboxylic acids is 1. The zero-order valence-electron chi connectivity index (χ0n) is 17.7. The maximum atomic E-state index is 13.4. The van der Waals surface area contributed by atoms with Crippen molar-refractivity contribution in [1.29, 1.82) is 0 Å². The van der Waals surface area contributed by atoms with Crippen molar-refractivity contribution in [2.24, 2.45) is 0 Å². The van der Waals surface area contributed by atoms with E-state index in [-0.39, 0.29) is 23.2 Å². The van der Waals surface area contributed by atoms with E-state index in [9.17, 15) is 22.4 Å². The van der Waals surface area contributed by atoms with Crippen LogP contribution in [0.25, 0.3) is 16.9 Å². The lowest BCUT2D eigenvalue weighted by Gasteiger charge is -2.10. The Bertz CT molecular complexity index is 1310. The molecule has 35 heavy (non-hydrogen) atoms. The van der Waals surface area contributed by atoms with Crippen LogP contribution in [0.3, 0.4) is 0 Å². The third kappa shape index (κ3) is 6.77. The lowest BCUT2D eigenvalue weighted by atomic mass is 10.2. The van der Waals surface area contributed by atoms with E-state index in [1.807, 2.05) is 12.1 Å². The zero-order valence-corrected chi connectivity index (χ0v) is 19.3. The number of carbonyl (C=O) groups is 1. The molecule has 0 atom stereocenters. The Balaban J connectivity index is 1.49. The number of halogens is 5. The molecule has 0 saturated carbocycles. The molecule has 0 fully saturated rings. The van der Waals surface area contributed by atoms with Gasteiger partial charge in [0, 0.05) is 28.2 Å². The quantitative estimate of drug-likeness (QED) is 0.211. The second kappa shape index (κ2) is 10.4. The van der Waals surface area contributed by atoms with Crippen LogP contribution in [-0.2, 0) is 4.79 Å². The Morgan fingerprint density at radius 1 is 1.00 bits per heavy atom. The summed E-state index contributed by atoms with van der Waals surface area (Å²) in [6.07, 6.45) is -3.02. The van der Waals surface area contributed by atoms with E-state index in [2.05, 4.69) is 15.0 Å². The summed E-state index contributed by atoms with van der Waals surface area (Å²) in [6, 6.07) is 17.8. The summed E-state index contributed by atoms with van der Waals surface area (Å²) in [7, 11) is 0. The van der Waals surface area contributed by atoms with Gasteiger partial charge in [0.15, 0.2) is 5.16 Å². The van der Waals surface area contributed by atoms with Gasteiger partial charge < -0.3 is 10.1 Å². The molecule has 0 unspecified atom stereocenters. The van der Waals surface area contributed by atoms with Gasteiger partial charge in [0.1, 0.15) is 11.6 Å². The fourth-order valence-corrected chi connectivity index (χ4v) is 4.00. The van der Waals surface area contributed by atoms with Gasteiger partial charge in [-0.3, -0.25) is 9.36 Å². The summed E-state index contributed by atoms with van der Waals surface area (Å²) in [6.45, 7) is 0. The maximum absolute atomic E-state index is 13.4. The number of benzene rings is 3. The van der Waals surface area contributed by atoms with Crippen molar-refractivity contribution in [3.8, 4) is 22.7 Å². The first-order valence-electron chi connectivity index (χ1n) is 10.1. The van der Waals surface area contributed by atoms with Gasteiger partial charge in [-0.15, -0.1) is 13.2 Å². The number of nitrogens with one attached hydrogen (secondary N) is 1. The zero-order chi connectivity index (χ0) is 25.0. The molecule has 0 bridgehead atoms. The first kappa shape index (κ1) is 24.6. The minimum absolute atomic E-state index is 0.0287. The molecule has 180 valence electrons. The van der Waals surface area contributed by atoms with Crippen molar-refractivity contribution >= 4 is 35.0 Å². The van der Waals surface area contributed by atoms with Gasteiger partial charge in [-0.2, -0.15) is 0 Å². The highest BCUT2D eigenvalue weighted by Crippen LogP contribution is 2.29. The fourth-order valence-electron chi connectivity index (χ4n) is 3.08. The van der Waals surface area contributed by atoms with Crippen molar-refractivity contribution in [2.45, 2.75) is 11.5 Å². The second-order valence-electron chi connectivity index (χ2n) is 7.17. The largest absolute Gasteiger partial charge is 0.573 e. The average molecular weight is 522 g/mol. The van der Waals surface area contributed by atoms with Crippen LogP contribution in [0.1, 0.15) is 0 Å². The van der Waals surface area contributed by atoms with Crippen LogP contribution in [0.2, 0.25) is 5.02 Å². The molecule has 0 spiro atoms. The molecule has 3 aromatic carbocycles. The van der Waals surface area contributed by atoms with Crippen molar-refractivity contribution in [1.82, 2.24) is 9.55 Å². The van der Waals surface area contributed by atoms with Crippen molar-refractivity contribution in [3.05, 3.63) is 89.8 Å². The summed E-state index contributed by atoms with van der Waals surface area (Å²) < 4.78 is 55.8. The Morgan fingerprint density at radius 2 is 1.66 bits per heavy atom. The molecule has 4 aromatic rings. The minimum Gasteiger partial charge on any atom is -0.406 e. The summed E-state index contributed by atoms with van der Waals surface area (Å²) in [5.41, 5.74) is 2.41. The number of thioether (sulfide) groups is 1. The van der Waals surface area contributed by atoms with E-state index >= 15 is 0 Å². The fraction of sp³-hybridized carbons (Fsp3) is 0.0833. The minimum atomic E-state index is -4.79. The van der Waals surface area contributed by atoms with Crippen LogP contribution >= 0.6 is 23.4 Å². The summed E-state index contributed by atoms with van der Waals surface area (Å²) in [4.78, 5) is 17.1. The summed E-state index contributed by atoms with van der Waals surface area (Å²) in [5, 5.41) is 3.69. The number of amides is 1. The summed E-state index contributed by atoms with van der Waals surface area (Å²) >= 11 is 7.12. The topological polar surface area (TPSA) is 56.2 Å². The number of anilines is 1. The lowest BCUT2D eigenvalue weighted by molar-refractivity contribution is -0.274. The summed E-state index contributed by atoms with van der Waals surface area (Å²) in [5.74, 6) is -1.19. The molecule has 1 heterocycles. The molecule has 5 nitrogen and oxygen atoms in total. The molecule has 11 heteroatoms. The molecule has 0 aliphatic carbocycles. The van der Waals surface area contributed by atoms with Crippen LogP contribution in [0, 0.1) is 5.82 Å². The van der Waals surface area contributed by atoms with Gasteiger partial charge in [-0.1, -0.05) is 35.5 Å². The van der Waals surface area contributed by atoms with Gasteiger partial charge >= 0.3 is 6.36 Å². The molecule has 4 rings (SSSR count). The molecule has 1 amide bonds. The lowest BCUT2D eigenvalue weighted by Crippen LogP contribution is -2.17. The van der Waals surface area contributed by atoms with E-state index in [1.54, 1.807) is 35.0 Å². The predicted octanol–water partition coefficient (Wildman–Crippen LogP) is 6.96. The van der Waals surface area contributed by atoms with E-state index in [0.717, 1.165) is 29.5 Å². The van der Waals surface area contributed by atoms with Crippen LogP contribution in [0.5, 0.6) is 5.75 Å². The van der Waals surface area contributed by atoms with Gasteiger partial charge in [0.2, 0.25) is 5.91 Å². The molecule has 1 aromatic heterocycles. The first-order chi connectivity index (χ1) is 16.7. The SMILES string of the molecule is O=C(CSc1nc(-c2ccc(Cl)cc2)cn1-c1ccc(F)cc1)Nc1ccc(OC(F)(F)F)cc1. The number of nitrogens with zero attached hydrogens (tertiary/aromatic N) is 2. The highest BCUT2D eigenvalue weighted by atomic mass is 35.5. The first-order valence-corrected chi connectivity index (χ1v) is 11.4. The molecule has 1 N–H and O–H groups in total. The maximum Gasteiger partial charge on any atom is 0.573 e. The van der Waals surface area contributed by atoms with Crippen molar-refractivity contribution < 1.29 is 27.1 Å². The van der Waals surface area contributed by atoms with Crippen molar-refractivity contribution in [2.75, 3.05) is 11.1 Å². The van der Waals surface area contributed by atoms with E-state index < -0.39 is 6.36 Å². The van der Waals surface area contributed by atoms with E-state index in [1.165, 1.54) is 24.3 Å². The number of rotatable bonds is 7. The van der Waals surface area contributed by atoms with Crippen molar-refractivity contribution in [3.63, 3.8) is 0 Å². The smallest absolute Gasteiger partial charge is 0.406 e. The van der Waals surface area contributed by atoms with E-state index in [0.29, 0.717) is 27.2 Å². The molecular formula is C24H16ClF4N3O2S. The van der Waals surface area contributed by atoms with Crippen LogP contribution in [0.15, 0.2) is 84.1 Å². The third-order valence-electron chi connectivity index (χ3n) is 4.62.